The van der Waals surface area contributed by atoms with Gasteiger partial charge in [0.05, 0.1) is 10.0 Å². The van der Waals surface area contributed by atoms with Crippen LogP contribution in [0.4, 0.5) is 0 Å². The third kappa shape index (κ3) is 6.71. The summed E-state index contributed by atoms with van der Waals surface area (Å²) in [6, 6.07) is 12.1. The lowest BCUT2D eigenvalue weighted by atomic mass is 9.83. The number of halogens is 3. The van der Waals surface area contributed by atoms with E-state index in [1.165, 1.54) is 13.8 Å². The van der Waals surface area contributed by atoms with Crippen molar-refractivity contribution in [1.82, 2.24) is 14.7 Å². The van der Waals surface area contributed by atoms with Gasteiger partial charge in [0.25, 0.3) is 11.8 Å². The Morgan fingerprint density at radius 2 is 1.51 bits per heavy atom. The van der Waals surface area contributed by atoms with Crippen LogP contribution >= 0.6 is 34.8 Å². The number of benzene rings is 2. The van der Waals surface area contributed by atoms with Gasteiger partial charge in [0.1, 0.15) is 5.60 Å². The Balaban J connectivity index is 1.51. The number of aliphatic hydroxyl groups is 1. The van der Waals surface area contributed by atoms with Gasteiger partial charge in [0.15, 0.2) is 0 Å². The van der Waals surface area contributed by atoms with Crippen molar-refractivity contribution in [1.29, 1.82) is 0 Å². The average Bonchev–Trinajstić information content (AvgIpc) is 2.92. The van der Waals surface area contributed by atoms with Gasteiger partial charge in [0, 0.05) is 61.7 Å². The molecule has 0 saturated carbocycles. The average molecular weight is 595 g/mol. The van der Waals surface area contributed by atoms with Gasteiger partial charge >= 0.3 is 0 Å². The second-order valence-electron chi connectivity index (χ2n) is 11.0. The molecule has 210 valence electrons. The van der Waals surface area contributed by atoms with Gasteiger partial charge in [-0.15, -0.1) is 0 Å². The Kier molecular flexibility index (Phi) is 9.16. The fourth-order valence-electron chi connectivity index (χ4n) is 5.60. The third-order valence-electron chi connectivity index (χ3n) is 7.82. The van der Waals surface area contributed by atoms with Gasteiger partial charge in [-0.3, -0.25) is 14.4 Å². The SMILES string of the molecule is CN(C(=O)c1ccc(Cl)cc1)[C@@H]1CCN(C(=O)C2CCN(C(=O)C(C)(C)O)CC2)C[C@H]1c1ccc(Cl)c(Cl)c1. The topological polar surface area (TPSA) is 81.2 Å². The van der Waals surface area contributed by atoms with Crippen molar-refractivity contribution in [3.8, 4) is 0 Å². The zero-order valence-electron chi connectivity index (χ0n) is 22.4. The molecule has 2 aliphatic rings. The zero-order valence-corrected chi connectivity index (χ0v) is 24.6. The summed E-state index contributed by atoms with van der Waals surface area (Å²) in [7, 11) is 1.79. The fraction of sp³-hybridized carbons (Fsp3) is 0.483. The first-order valence-electron chi connectivity index (χ1n) is 13.1. The van der Waals surface area contributed by atoms with Gasteiger partial charge in [-0.05, 0) is 75.1 Å². The maximum absolute atomic E-state index is 13.6. The van der Waals surface area contributed by atoms with Crippen molar-refractivity contribution in [2.45, 2.75) is 50.7 Å². The molecule has 7 nitrogen and oxygen atoms in total. The fourth-order valence-corrected chi connectivity index (χ4v) is 6.03. The molecule has 0 bridgehead atoms. The van der Waals surface area contributed by atoms with E-state index in [2.05, 4.69) is 0 Å². The van der Waals surface area contributed by atoms with Gasteiger partial charge in [-0.1, -0.05) is 40.9 Å². The van der Waals surface area contributed by atoms with Gasteiger partial charge in [0.2, 0.25) is 5.91 Å². The second-order valence-corrected chi connectivity index (χ2v) is 12.2. The highest BCUT2D eigenvalue weighted by Crippen LogP contribution is 2.36. The summed E-state index contributed by atoms with van der Waals surface area (Å²) < 4.78 is 0. The Hall–Kier alpha value is -2.32. The number of carbonyl (C=O) groups excluding carboxylic acids is 3. The molecule has 1 N–H and O–H groups in total. The van der Waals surface area contributed by atoms with Crippen molar-refractivity contribution in [2.24, 2.45) is 5.92 Å². The highest BCUT2D eigenvalue weighted by atomic mass is 35.5. The minimum absolute atomic E-state index is 0.0561. The van der Waals surface area contributed by atoms with E-state index < -0.39 is 5.60 Å². The summed E-state index contributed by atoms with van der Waals surface area (Å²) in [6.45, 7) is 4.78. The number of amides is 3. The van der Waals surface area contributed by atoms with Crippen LogP contribution in [0.2, 0.25) is 15.1 Å². The summed E-state index contributed by atoms with van der Waals surface area (Å²) in [6.07, 6.45) is 1.70. The van der Waals surface area contributed by atoms with Crippen LogP contribution in [0.25, 0.3) is 0 Å². The van der Waals surface area contributed by atoms with E-state index in [9.17, 15) is 19.5 Å². The molecule has 2 aliphatic heterocycles. The second kappa shape index (κ2) is 12.0. The number of nitrogens with zero attached hydrogens (tertiary/aromatic N) is 3. The van der Waals surface area contributed by atoms with Crippen LogP contribution in [0, 0.1) is 5.92 Å². The van der Waals surface area contributed by atoms with E-state index >= 15 is 0 Å². The summed E-state index contributed by atoms with van der Waals surface area (Å²) >= 11 is 18.6. The van der Waals surface area contributed by atoms with Crippen molar-refractivity contribution in [3.05, 3.63) is 68.7 Å². The number of carbonyl (C=O) groups is 3. The molecule has 0 radical (unpaired) electrons. The molecule has 0 aromatic heterocycles. The first-order valence-corrected chi connectivity index (χ1v) is 14.3. The van der Waals surface area contributed by atoms with Crippen LogP contribution in [0.1, 0.15) is 54.9 Å². The molecule has 3 amide bonds. The van der Waals surface area contributed by atoms with E-state index in [1.54, 1.807) is 47.2 Å². The minimum atomic E-state index is -1.43. The maximum atomic E-state index is 13.6. The predicted octanol–water partition coefficient (Wildman–Crippen LogP) is 5.11. The third-order valence-corrected chi connectivity index (χ3v) is 8.81. The molecule has 2 atom stereocenters. The lowest BCUT2D eigenvalue weighted by molar-refractivity contribution is -0.151. The van der Waals surface area contributed by atoms with Crippen molar-refractivity contribution in [3.63, 3.8) is 0 Å². The lowest BCUT2D eigenvalue weighted by Gasteiger charge is -2.44. The Bertz CT molecular complexity index is 1220. The number of hydrogen-bond acceptors (Lipinski definition) is 4. The maximum Gasteiger partial charge on any atom is 0.253 e. The van der Waals surface area contributed by atoms with Crippen LogP contribution in [0.15, 0.2) is 42.5 Å². The van der Waals surface area contributed by atoms with Crippen LogP contribution in [0.3, 0.4) is 0 Å². The van der Waals surface area contributed by atoms with E-state index in [4.69, 9.17) is 34.8 Å². The normalized spacial score (nSPS) is 20.6. The summed E-state index contributed by atoms with van der Waals surface area (Å²) in [4.78, 5) is 44.7. The molecule has 0 aliphatic carbocycles. The molecule has 4 rings (SSSR count). The van der Waals surface area contributed by atoms with Crippen molar-refractivity contribution < 1.29 is 19.5 Å². The smallest absolute Gasteiger partial charge is 0.253 e. The molecule has 2 aromatic rings. The molecule has 39 heavy (non-hydrogen) atoms. The summed E-state index contributed by atoms with van der Waals surface area (Å²) in [5.41, 5.74) is 0.0234. The Labute approximate surface area is 244 Å². The van der Waals surface area contributed by atoms with Gasteiger partial charge < -0.3 is 19.8 Å². The standard InChI is InChI=1S/C29H34Cl3N3O4/c1-29(2,39)28(38)34-13-10-19(11-14-34)27(37)35-15-12-25(22(17-35)20-6-9-23(31)24(32)16-20)33(3)26(36)18-4-7-21(30)8-5-18/h4-9,16,19,22,25,39H,10-15,17H2,1-3H3/t22-,25+/m0/s1. The number of rotatable bonds is 5. The van der Waals surface area contributed by atoms with E-state index in [1.807, 2.05) is 17.0 Å². The minimum Gasteiger partial charge on any atom is -0.381 e. The lowest BCUT2D eigenvalue weighted by Crippen LogP contribution is -2.54. The Morgan fingerprint density at radius 3 is 2.10 bits per heavy atom. The predicted molar refractivity (Wildman–Crippen MR) is 153 cm³/mol. The zero-order chi connectivity index (χ0) is 28.5. The van der Waals surface area contributed by atoms with Crippen molar-refractivity contribution in [2.75, 3.05) is 33.2 Å². The molecule has 2 aromatic carbocycles. The highest BCUT2D eigenvalue weighted by Gasteiger charge is 2.40. The first-order chi connectivity index (χ1) is 18.4. The summed E-state index contributed by atoms with van der Waals surface area (Å²) in [5, 5.41) is 11.5. The quantitative estimate of drug-likeness (QED) is 0.522. The first kappa shape index (κ1) is 29.7. The number of piperidine rings is 2. The largest absolute Gasteiger partial charge is 0.381 e. The van der Waals surface area contributed by atoms with Crippen LogP contribution in [0.5, 0.6) is 0 Å². The monoisotopic (exact) mass is 593 g/mol. The molecular formula is C29H34Cl3N3O4. The van der Waals surface area contributed by atoms with Crippen molar-refractivity contribution >= 4 is 52.5 Å². The number of likely N-dealkylation sites (tertiary alicyclic amines) is 2. The molecule has 0 spiro atoms. The summed E-state index contributed by atoms with van der Waals surface area (Å²) in [5.74, 6) is -0.751. The molecule has 2 heterocycles. The molecule has 2 fully saturated rings. The molecule has 2 saturated heterocycles. The van der Waals surface area contributed by atoms with Gasteiger partial charge in [-0.25, -0.2) is 0 Å². The van der Waals surface area contributed by atoms with Crippen LogP contribution < -0.4 is 0 Å². The highest BCUT2D eigenvalue weighted by molar-refractivity contribution is 6.42. The number of likely N-dealkylation sites (N-methyl/N-ethyl adjacent to an activating group) is 1. The van der Waals surface area contributed by atoms with E-state index in [0.29, 0.717) is 66.1 Å². The van der Waals surface area contributed by atoms with Gasteiger partial charge in [-0.2, -0.15) is 0 Å². The molecular weight excluding hydrogens is 561 g/mol. The number of hydrogen-bond donors (Lipinski definition) is 1. The van der Waals surface area contributed by atoms with Crippen LogP contribution in [-0.2, 0) is 9.59 Å². The van der Waals surface area contributed by atoms with E-state index in [0.717, 1.165) is 5.56 Å². The molecule has 10 heteroatoms. The van der Waals surface area contributed by atoms with Crippen LogP contribution in [-0.4, -0.2) is 82.4 Å². The Morgan fingerprint density at radius 1 is 0.897 bits per heavy atom. The molecule has 0 unspecified atom stereocenters. The van der Waals surface area contributed by atoms with E-state index in [-0.39, 0.29) is 35.6 Å².